The lowest BCUT2D eigenvalue weighted by Gasteiger charge is -2.05. The first-order chi connectivity index (χ1) is 14.6. The van der Waals surface area contributed by atoms with Crippen molar-refractivity contribution in [2.75, 3.05) is 17.3 Å². The van der Waals surface area contributed by atoms with Gasteiger partial charge in [0.05, 0.1) is 18.5 Å². The van der Waals surface area contributed by atoms with Crippen LogP contribution in [0.5, 0.6) is 5.75 Å². The number of hydrogen-bond donors (Lipinski definition) is 2. The minimum absolute atomic E-state index is 0.0881. The van der Waals surface area contributed by atoms with Crippen LogP contribution < -0.4 is 15.5 Å². The summed E-state index contributed by atoms with van der Waals surface area (Å²) in [5.74, 6) is 0.792. The SMILES string of the molecule is CCCCCOc1ccc(/C=N\Nc2nc(-c3ccc(NC(C)=O)cc3)cs2)cc1. The van der Waals surface area contributed by atoms with Crippen LogP contribution in [0.1, 0.15) is 38.7 Å². The van der Waals surface area contributed by atoms with Crippen LogP contribution in [0.25, 0.3) is 11.3 Å². The summed E-state index contributed by atoms with van der Waals surface area (Å²) in [7, 11) is 0. The number of thiazole rings is 1. The first kappa shape index (κ1) is 21.5. The fourth-order valence-electron chi connectivity index (χ4n) is 2.74. The van der Waals surface area contributed by atoms with E-state index in [0.29, 0.717) is 5.13 Å². The third kappa shape index (κ3) is 6.70. The number of hydrogen-bond acceptors (Lipinski definition) is 6. The second-order valence-corrected chi connectivity index (χ2v) is 7.65. The predicted molar refractivity (Wildman–Crippen MR) is 125 cm³/mol. The summed E-state index contributed by atoms with van der Waals surface area (Å²) in [5.41, 5.74) is 6.55. The number of nitrogens with one attached hydrogen (secondary N) is 2. The highest BCUT2D eigenvalue weighted by atomic mass is 32.1. The van der Waals surface area contributed by atoms with Crippen molar-refractivity contribution in [3.63, 3.8) is 0 Å². The van der Waals surface area contributed by atoms with E-state index in [1.54, 1.807) is 6.21 Å². The highest BCUT2D eigenvalue weighted by Gasteiger charge is 2.04. The molecule has 0 atom stereocenters. The number of aromatic nitrogens is 1. The summed E-state index contributed by atoms with van der Waals surface area (Å²) in [6, 6.07) is 15.4. The van der Waals surface area contributed by atoms with E-state index in [9.17, 15) is 4.79 Å². The molecule has 1 aromatic heterocycles. The lowest BCUT2D eigenvalue weighted by Crippen LogP contribution is -2.05. The van der Waals surface area contributed by atoms with Gasteiger partial charge in [0, 0.05) is 23.6 Å². The Bertz CT molecular complexity index is 966. The van der Waals surface area contributed by atoms with Gasteiger partial charge in [0.2, 0.25) is 11.0 Å². The molecule has 30 heavy (non-hydrogen) atoms. The van der Waals surface area contributed by atoms with Crippen molar-refractivity contribution in [1.29, 1.82) is 0 Å². The number of unbranched alkanes of at least 4 members (excludes halogenated alkanes) is 2. The van der Waals surface area contributed by atoms with Crippen LogP contribution in [0.2, 0.25) is 0 Å². The molecule has 0 fully saturated rings. The first-order valence-corrected chi connectivity index (χ1v) is 10.9. The molecule has 0 radical (unpaired) electrons. The van der Waals surface area contributed by atoms with Crippen LogP contribution in [0.4, 0.5) is 10.8 Å². The van der Waals surface area contributed by atoms with Crippen molar-refractivity contribution in [3.8, 4) is 17.0 Å². The maximum Gasteiger partial charge on any atom is 0.221 e. The lowest BCUT2D eigenvalue weighted by atomic mass is 10.1. The third-order valence-corrected chi connectivity index (χ3v) is 5.02. The quantitative estimate of drug-likeness (QED) is 0.247. The predicted octanol–water partition coefficient (Wildman–Crippen LogP) is 5.78. The number of anilines is 2. The zero-order chi connectivity index (χ0) is 21.2. The van der Waals surface area contributed by atoms with Gasteiger partial charge in [-0.1, -0.05) is 31.9 Å². The summed E-state index contributed by atoms with van der Waals surface area (Å²) < 4.78 is 5.72. The van der Waals surface area contributed by atoms with E-state index in [2.05, 4.69) is 27.8 Å². The van der Waals surface area contributed by atoms with E-state index in [0.717, 1.165) is 41.3 Å². The number of amides is 1. The zero-order valence-corrected chi connectivity index (χ0v) is 18.0. The molecule has 0 unspecified atom stereocenters. The lowest BCUT2D eigenvalue weighted by molar-refractivity contribution is -0.114. The molecular weight excluding hydrogens is 396 g/mol. The molecule has 0 spiro atoms. The van der Waals surface area contributed by atoms with Gasteiger partial charge in [-0.3, -0.25) is 10.2 Å². The van der Waals surface area contributed by atoms with Gasteiger partial charge in [-0.25, -0.2) is 4.98 Å². The highest BCUT2D eigenvalue weighted by Crippen LogP contribution is 2.26. The molecule has 0 bridgehead atoms. The largest absolute Gasteiger partial charge is 0.494 e. The molecule has 2 N–H and O–H groups in total. The summed E-state index contributed by atoms with van der Waals surface area (Å²) in [6.07, 6.45) is 5.22. The van der Waals surface area contributed by atoms with Crippen LogP contribution in [-0.2, 0) is 4.79 Å². The average molecular weight is 423 g/mol. The fourth-order valence-corrected chi connectivity index (χ4v) is 3.41. The van der Waals surface area contributed by atoms with Crippen molar-refractivity contribution in [2.45, 2.75) is 33.1 Å². The van der Waals surface area contributed by atoms with Gasteiger partial charge in [0.1, 0.15) is 5.75 Å². The Hall–Kier alpha value is -3.19. The molecule has 2 aromatic carbocycles. The highest BCUT2D eigenvalue weighted by molar-refractivity contribution is 7.14. The van der Waals surface area contributed by atoms with Crippen molar-refractivity contribution in [1.82, 2.24) is 4.98 Å². The number of rotatable bonds is 10. The second-order valence-electron chi connectivity index (χ2n) is 6.79. The monoisotopic (exact) mass is 422 g/mol. The van der Waals surface area contributed by atoms with E-state index < -0.39 is 0 Å². The molecule has 1 heterocycles. The summed E-state index contributed by atoms with van der Waals surface area (Å²) in [5, 5.41) is 9.70. The topological polar surface area (TPSA) is 75.6 Å². The van der Waals surface area contributed by atoms with Crippen molar-refractivity contribution >= 4 is 34.3 Å². The van der Waals surface area contributed by atoms with E-state index in [4.69, 9.17) is 4.74 Å². The van der Waals surface area contributed by atoms with Gasteiger partial charge < -0.3 is 10.1 Å². The Morgan fingerprint density at radius 2 is 1.90 bits per heavy atom. The number of carbonyl (C=O) groups is 1. The molecule has 156 valence electrons. The fraction of sp³-hybridized carbons (Fsp3) is 0.261. The van der Waals surface area contributed by atoms with Crippen molar-refractivity contribution < 1.29 is 9.53 Å². The number of ether oxygens (including phenoxy) is 1. The molecule has 0 saturated heterocycles. The van der Waals surface area contributed by atoms with Gasteiger partial charge in [-0.2, -0.15) is 5.10 Å². The maximum atomic E-state index is 11.1. The number of hydrazone groups is 1. The Morgan fingerprint density at radius 1 is 1.13 bits per heavy atom. The number of carbonyl (C=O) groups excluding carboxylic acids is 1. The number of nitrogens with zero attached hydrogens (tertiary/aromatic N) is 2. The van der Waals surface area contributed by atoms with E-state index in [1.807, 2.05) is 53.9 Å². The van der Waals surface area contributed by atoms with Crippen molar-refractivity contribution in [3.05, 3.63) is 59.5 Å². The normalized spacial score (nSPS) is 10.9. The minimum Gasteiger partial charge on any atom is -0.494 e. The number of benzene rings is 2. The molecule has 1 amide bonds. The Labute approximate surface area is 181 Å². The molecule has 6 nitrogen and oxygen atoms in total. The van der Waals surface area contributed by atoms with Crippen LogP contribution in [0, 0.1) is 0 Å². The first-order valence-electron chi connectivity index (χ1n) is 9.99. The van der Waals surface area contributed by atoms with Gasteiger partial charge in [-0.15, -0.1) is 11.3 Å². The molecule has 0 aliphatic rings. The summed E-state index contributed by atoms with van der Waals surface area (Å²) in [6.45, 7) is 4.43. The third-order valence-electron chi connectivity index (χ3n) is 4.28. The Balaban J connectivity index is 1.51. The van der Waals surface area contributed by atoms with Crippen molar-refractivity contribution in [2.24, 2.45) is 5.10 Å². The average Bonchev–Trinajstić information content (AvgIpc) is 3.21. The van der Waals surface area contributed by atoms with Crippen LogP contribution in [0.3, 0.4) is 0 Å². The molecule has 0 aliphatic heterocycles. The molecule has 3 rings (SSSR count). The van der Waals surface area contributed by atoms with Gasteiger partial charge in [-0.05, 0) is 48.4 Å². The van der Waals surface area contributed by atoms with E-state index >= 15 is 0 Å². The zero-order valence-electron chi connectivity index (χ0n) is 17.2. The Morgan fingerprint density at radius 3 is 2.60 bits per heavy atom. The standard InChI is InChI=1S/C23H26N4O2S/c1-3-4-5-14-29-21-12-6-18(7-13-21)15-24-27-23-26-22(16-30-23)19-8-10-20(11-9-19)25-17(2)28/h6-13,15-16H,3-5,14H2,1-2H3,(H,25,28)(H,26,27)/b24-15-. The Kier molecular flexibility index (Phi) is 7.97. The minimum atomic E-state index is -0.0881. The van der Waals surface area contributed by atoms with Crippen LogP contribution >= 0.6 is 11.3 Å². The molecule has 7 heteroatoms. The summed E-state index contributed by atoms with van der Waals surface area (Å²) in [4.78, 5) is 15.7. The second kappa shape index (κ2) is 11.1. The molecule has 0 saturated carbocycles. The van der Waals surface area contributed by atoms with Gasteiger partial charge in [0.15, 0.2) is 0 Å². The molecule has 3 aromatic rings. The van der Waals surface area contributed by atoms with Crippen LogP contribution in [-0.4, -0.2) is 23.7 Å². The molecule has 0 aliphatic carbocycles. The van der Waals surface area contributed by atoms with E-state index in [-0.39, 0.29) is 5.91 Å². The smallest absolute Gasteiger partial charge is 0.221 e. The van der Waals surface area contributed by atoms with E-state index in [1.165, 1.54) is 31.1 Å². The van der Waals surface area contributed by atoms with Gasteiger partial charge in [0.25, 0.3) is 0 Å². The summed E-state index contributed by atoms with van der Waals surface area (Å²) >= 11 is 1.48. The van der Waals surface area contributed by atoms with Crippen LogP contribution in [0.15, 0.2) is 59.0 Å². The van der Waals surface area contributed by atoms with Gasteiger partial charge >= 0.3 is 0 Å². The molecular formula is C23H26N4O2S. The maximum absolute atomic E-state index is 11.1.